The van der Waals surface area contributed by atoms with Gasteiger partial charge in [0.25, 0.3) is 0 Å². The molecule has 0 saturated heterocycles. The van der Waals surface area contributed by atoms with Gasteiger partial charge in [0.2, 0.25) is 0 Å². The van der Waals surface area contributed by atoms with Crippen molar-refractivity contribution in [2.24, 2.45) is 17.8 Å². The number of halogens is 2. The molecule has 1 aromatic rings. The number of hydrogen-bond acceptors (Lipinski definition) is 1. The van der Waals surface area contributed by atoms with Gasteiger partial charge in [0, 0.05) is 0 Å². The first kappa shape index (κ1) is 20.5. The lowest BCUT2D eigenvalue weighted by atomic mass is 9.77. The van der Waals surface area contributed by atoms with E-state index in [4.69, 9.17) is 5.26 Å². The Labute approximate surface area is 167 Å². The van der Waals surface area contributed by atoms with Crippen molar-refractivity contribution in [2.45, 2.75) is 57.3 Å². The molecule has 3 rings (SSSR count). The first-order valence-electron chi connectivity index (χ1n) is 10.5. The molecule has 0 bridgehead atoms. The van der Waals surface area contributed by atoms with Crippen molar-refractivity contribution >= 4 is 0 Å². The van der Waals surface area contributed by atoms with Crippen molar-refractivity contribution in [1.82, 2.24) is 0 Å². The summed E-state index contributed by atoms with van der Waals surface area (Å²) in [6.45, 7) is 0. The highest BCUT2D eigenvalue weighted by Crippen LogP contribution is 2.37. The van der Waals surface area contributed by atoms with E-state index in [0.717, 1.165) is 12.8 Å². The molecule has 2 aliphatic carbocycles. The normalized spacial score (nSPS) is 29.2. The lowest BCUT2D eigenvalue weighted by Gasteiger charge is -2.28. The van der Waals surface area contributed by atoms with Crippen LogP contribution in [-0.2, 0) is 0 Å². The van der Waals surface area contributed by atoms with Crippen LogP contribution >= 0.6 is 0 Å². The van der Waals surface area contributed by atoms with Crippen LogP contribution < -0.4 is 0 Å². The third kappa shape index (κ3) is 6.16. The standard InChI is InChI=1S/C25H29F2N/c26-24-16-14-23(15-17-24)22-12-10-21(11-13-22)9-8-20-6-4-19(5-7-20)2-1-3-25(27)18-28/h1-3,8-9,14-17,19-22H,4-7,10-13H2/b2-1?,9-8+,25-3?. The quantitative estimate of drug-likeness (QED) is 0.296. The van der Waals surface area contributed by atoms with E-state index in [1.165, 1.54) is 56.2 Å². The number of nitriles is 1. The van der Waals surface area contributed by atoms with Crippen LogP contribution in [0.25, 0.3) is 0 Å². The number of hydrogen-bond donors (Lipinski definition) is 0. The van der Waals surface area contributed by atoms with Crippen molar-refractivity contribution in [1.29, 1.82) is 5.26 Å². The molecule has 148 valence electrons. The largest absolute Gasteiger partial charge is 0.207 e. The average molecular weight is 382 g/mol. The number of benzene rings is 1. The molecule has 0 N–H and O–H groups in total. The first-order chi connectivity index (χ1) is 13.6. The Hall–Kier alpha value is -2.21. The van der Waals surface area contributed by atoms with Crippen LogP contribution in [0.3, 0.4) is 0 Å². The molecular formula is C25H29F2N. The van der Waals surface area contributed by atoms with Crippen LogP contribution in [0.15, 0.2) is 60.5 Å². The van der Waals surface area contributed by atoms with E-state index in [9.17, 15) is 8.78 Å². The van der Waals surface area contributed by atoms with Crippen molar-refractivity contribution in [3.05, 3.63) is 71.9 Å². The maximum absolute atomic E-state index is 13.1. The molecule has 1 aromatic carbocycles. The molecule has 0 unspecified atom stereocenters. The number of nitrogens with zero attached hydrogens (tertiary/aromatic N) is 1. The molecule has 2 saturated carbocycles. The minimum atomic E-state index is -0.734. The number of allylic oxidation sites excluding steroid dienone is 6. The smallest absolute Gasteiger partial charge is 0.199 e. The van der Waals surface area contributed by atoms with Crippen LogP contribution in [0.1, 0.15) is 62.8 Å². The number of rotatable bonds is 5. The minimum absolute atomic E-state index is 0.156. The van der Waals surface area contributed by atoms with Gasteiger partial charge >= 0.3 is 0 Å². The molecule has 0 atom stereocenters. The molecule has 2 aliphatic rings. The second kappa shape index (κ2) is 10.4. The fourth-order valence-electron chi connectivity index (χ4n) is 4.56. The van der Waals surface area contributed by atoms with Gasteiger partial charge in [0.05, 0.1) is 0 Å². The molecule has 0 spiro atoms. The highest BCUT2D eigenvalue weighted by molar-refractivity contribution is 5.21. The highest BCUT2D eigenvalue weighted by atomic mass is 19.1. The fraction of sp³-hybridized carbons (Fsp3) is 0.480. The predicted octanol–water partition coefficient (Wildman–Crippen LogP) is 7.40. The van der Waals surface area contributed by atoms with Crippen molar-refractivity contribution in [2.75, 3.05) is 0 Å². The summed E-state index contributed by atoms with van der Waals surface area (Å²) in [4.78, 5) is 0. The molecule has 2 fully saturated rings. The van der Waals surface area contributed by atoms with Crippen molar-refractivity contribution in [3.63, 3.8) is 0 Å². The minimum Gasteiger partial charge on any atom is -0.207 e. The molecule has 0 aromatic heterocycles. The maximum atomic E-state index is 13.1. The van der Waals surface area contributed by atoms with Gasteiger partial charge in [-0.1, -0.05) is 36.4 Å². The summed E-state index contributed by atoms with van der Waals surface area (Å²) in [6.07, 6.45) is 19.2. The summed E-state index contributed by atoms with van der Waals surface area (Å²) in [6, 6.07) is 8.51. The maximum Gasteiger partial charge on any atom is 0.199 e. The van der Waals surface area contributed by atoms with E-state index in [0.29, 0.717) is 23.7 Å². The predicted molar refractivity (Wildman–Crippen MR) is 110 cm³/mol. The summed E-state index contributed by atoms with van der Waals surface area (Å²) in [7, 11) is 0. The third-order valence-electron chi connectivity index (χ3n) is 6.32. The monoisotopic (exact) mass is 381 g/mol. The average Bonchev–Trinajstić information content (AvgIpc) is 2.74. The molecule has 0 radical (unpaired) electrons. The molecule has 0 aliphatic heterocycles. The summed E-state index contributed by atoms with van der Waals surface area (Å²) in [5.74, 6) is 1.52. The molecule has 1 nitrogen and oxygen atoms in total. The van der Waals surface area contributed by atoms with Crippen molar-refractivity contribution in [3.8, 4) is 6.07 Å². The summed E-state index contributed by atoms with van der Waals surface area (Å²) in [5, 5.41) is 8.41. The van der Waals surface area contributed by atoms with Crippen LogP contribution in [0, 0.1) is 34.9 Å². The zero-order valence-corrected chi connectivity index (χ0v) is 16.4. The first-order valence-corrected chi connectivity index (χ1v) is 10.5. The second-order valence-electron chi connectivity index (χ2n) is 8.23. The summed E-state index contributed by atoms with van der Waals surface area (Å²) in [5.41, 5.74) is 1.28. The van der Waals surface area contributed by atoms with Gasteiger partial charge in [-0.05, 0) is 98.8 Å². The van der Waals surface area contributed by atoms with Gasteiger partial charge in [-0.25, -0.2) is 4.39 Å². The van der Waals surface area contributed by atoms with E-state index < -0.39 is 5.83 Å². The Balaban J connectivity index is 1.39. The Morgan fingerprint density at radius 1 is 0.821 bits per heavy atom. The van der Waals surface area contributed by atoms with Gasteiger partial charge in [-0.2, -0.15) is 9.65 Å². The van der Waals surface area contributed by atoms with Crippen LogP contribution in [0.5, 0.6) is 0 Å². The van der Waals surface area contributed by atoms with E-state index in [-0.39, 0.29) is 5.82 Å². The third-order valence-corrected chi connectivity index (χ3v) is 6.32. The van der Waals surface area contributed by atoms with Gasteiger partial charge < -0.3 is 0 Å². The Bertz CT molecular complexity index is 738. The van der Waals surface area contributed by atoms with Gasteiger partial charge in [0.1, 0.15) is 11.9 Å². The molecule has 3 heteroatoms. The Morgan fingerprint density at radius 3 is 1.86 bits per heavy atom. The van der Waals surface area contributed by atoms with Gasteiger partial charge in [-0.15, -0.1) is 0 Å². The molecule has 0 amide bonds. The second-order valence-corrected chi connectivity index (χ2v) is 8.23. The zero-order chi connectivity index (χ0) is 19.8. The zero-order valence-electron chi connectivity index (χ0n) is 16.4. The van der Waals surface area contributed by atoms with Crippen LogP contribution in [0.2, 0.25) is 0 Å². The van der Waals surface area contributed by atoms with Gasteiger partial charge in [-0.3, -0.25) is 0 Å². The summed E-state index contributed by atoms with van der Waals surface area (Å²) < 4.78 is 25.9. The molecule has 0 heterocycles. The lowest BCUT2D eigenvalue weighted by Crippen LogP contribution is -2.14. The topological polar surface area (TPSA) is 23.8 Å². The van der Waals surface area contributed by atoms with E-state index in [1.807, 2.05) is 18.2 Å². The van der Waals surface area contributed by atoms with E-state index in [2.05, 4.69) is 12.2 Å². The van der Waals surface area contributed by atoms with E-state index in [1.54, 1.807) is 18.2 Å². The lowest BCUT2D eigenvalue weighted by molar-refractivity contribution is 0.348. The van der Waals surface area contributed by atoms with Gasteiger partial charge in [0.15, 0.2) is 5.83 Å². The Kier molecular flexibility index (Phi) is 7.60. The van der Waals surface area contributed by atoms with Crippen LogP contribution in [0.4, 0.5) is 8.78 Å². The summed E-state index contributed by atoms with van der Waals surface area (Å²) >= 11 is 0. The highest BCUT2D eigenvalue weighted by Gasteiger charge is 2.22. The van der Waals surface area contributed by atoms with Crippen molar-refractivity contribution < 1.29 is 8.78 Å². The Morgan fingerprint density at radius 2 is 1.32 bits per heavy atom. The SMILES string of the molecule is N#CC(F)=CC=CC1CCC(/C=C/C2CCC(c3ccc(F)cc3)CC2)CC1. The van der Waals surface area contributed by atoms with E-state index >= 15 is 0 Å². The molecule has 28 heavy (non-hydrogen) atoms. The fourth-order valence-corrected chi connectivity index (χ4v) is 4.56. The molecular weight excluding hydrogens is 352 g/mol. The van der Waals surface area contributed by atoms with Crippen LogP contribution in [-0.4, -0.2) is 0 Å².